The first-order valence-electron chi connectivity index (χ1n) is 7.05. The molecular formula is C12H27N3O3S. The number of nitrogens with two attached hydrogens (primary N) is 1. The van der Waals surface area contributed by atoms with Crippen molar-refractivity contribution < 1.29 is 13.2 Å². The zero-order valence-electron chi connectivity index (χ0n) is 12.0. The van der Waals surface area contributed by atoms with Crippen molar-refractivity contribution in [3.05, 3.63) is 0 Å². The van der Waals surface area contributed by atoms with Crippen molar-refractivity contribution in [2.45, 2.75) is 38.7 Å². The van der Waals surface area contributed by atoms with Crippen LogP contribution in [0.15, 0.2) is 0 Å². The number of piperidine rings is 1. The largest absolute Gasteiger partial charge is 0.377 e. The first kappa shape index (κ1) is 16.8. The fourth-order valence-corrected chi connectivity index (χ4v) is 3.63. The van der Waals surface area contributed by atoms with E-state index in [9.17, 15) is 8.42 Å². The smallest absolute Gasteiger partial charge is 0.281 e. The average molecular weight is 293 g/mol. The highest BCUT2D eigenvalue weighted by atomic mass is 32.2. The van der Waals surface area contributed by atoms with E-state index in [1.165, 1.54) is 8.61 Å². The highest BCUT2D eigenvalue weighted by Gasteiger charge is 2.31. The molecule has 7 heteroatoms. The Morgan fingerprint density at radius 2 is 2.21 bits per heavy atom. The summed E-state index contributed by atoms with van der Waals surface area (Å²) in [6.45, 7) is 4.77. The Bertz CT molecular complexity index is 348. The van der Waals surface area contributed by atoms with Crippen LogP contribution in [0.4, 0.5) is 0 Å². The first-order valence-corrected chi connectivity index (χ1v) is 8.45. The van der Waals surface area contributed by atoms with E-state index in [4.69, 9.17) is 10.5 Å². The molecule has 0 saturated carbocycles. The number of nitrogens with zero attached hydrogens (tertiary/aromatic N) is 2. The molecule has 1 saturated heterocycles. The van der Waals surface area contributed by atoms with Crippen LogP contribution in [-0.4, -0.2) is 63.0 Å². The normalized spacial score (nSPS) is 22.0. The quantitative estimate of drug-likeness (QED) is 0.703. The number of ether oxygens (including phenoxy) is 1. The predicted molar refractivity (Wildman–Crippen MR) is 76.1 cm³/mol. The van der Waals surface area contributed by atoms with E-state index >= 15 is 0 Å². The standard InChI is InChI=1S/C12H27N3O3S/c1-3-10-18-12-6-4-9-15(11-12)19(16,17)14(2)8-5-7-13/h12H,3-11,13H2,1-2H3. The van der Waals surface area contributed by atoms with E-state index < -0.39 is 10.2 Å². The van der Waals surface area contributed by atoms with Gasteiger partial charge in [0.1, 0.15) is 0 Å². The van der Waals surface area contributed by atoms with Gasteiger partial charge in [0, 0.05) is 33.3 Å². The molecule has 0 aromatic heterocycles. The van der Waals surface area contributed by atoms with Crippen LogP contribution in [0.25, 0.3) is 0 Å². The summed E-state index contributed by atoms with van der Waals surface area (Å²) in [7, 11) is -1.75. The fraction of sp³-hybridized carbons (Fsp3) is 1.00. The molecular weight excluding hydrogens is 266 g/mol. The lowest BCUT2D eigenvalue weighted by molar-refractivity contribution is 0.0182. The summed E-state index contributed by atoms with van der Waals surface area (Å²) in [5, 5.41) is 0. The van der Waals surface area contributed by atoms with Crippen LogP contribution in [-0.2, 0) is 14.9 Å². The molecule has 0 radical (unpaired) electrons. The van der Waals surface area contributed by atoms with Crippen molar-refractivity contribution in [2.75, 3.05) is 39.8 Å². The Morgan fingerprint density at radius 3 is 2.84 bits per heavy atom. The maximum atomic E-state index is 12.4. The summed E-state index contributed by atoms with van der Waals surface area (Å²) >= 11 is 0. The van der Waals surface area contributed by atoms with Gasteiger partial charge in [0.05, 0.1) is 6.10 Å². The molecule has 1 atom stereocenters. The predicted octanol–water partition coefficient (Wildman–Crippen LogP) is 0.403. The Kier molecular flexibility index (Phi) is 7.23. The van der Waals surface area contributed by atoms with Crippen LogP contribution < -0.4 is 5.73 Å². The van der Waals surface area contributed by atoms with Crippen molar-refractivity contribution in [3.63, 3.8) is 0 Å². The van der Waals surface area contributed by atoms with Gasteiger partial charge in [-0.2, -0.15) is 17.0 Å². The molecule has 1 heterocycles. The van der Waals surface area contributed by atoms with Crippen molar-refractivity contribution in [2.24, 2.45) is 5.73 Å². The highest BCUT2D eigenvalue weighted by molar-refractivity contribution is 7.86. The minimum atomic E-state index is -3.36. The number of hydrogen-bond acceptors (Lipinski definition) is 4. The third kappa shape index (κ3) is 5.00. The maximum absolute atomic E-state index is 12.4. The van der Waals surface area contributed by atoms with Gasteiger partial charge in [0.25, 0.3) is 10.2 Å². The molecule has 1 aliphatic heterocycles. The van der Waals surface area contributed by atoms with Gasteiger partial charge in [-0.3, -0.25) is 0 Å². The van der Waals surface area contributed by atoms with Crippen LogP contribution in [0.5, 0.6) is 0 Å². The lowest BCUT2D eigenvalue weighted by atomic mass is 10.1. The van der Waals surface area contributed by atoms with Crippen LogP contribution in [0.1, 0.15) is 32.6 Å². The van der Waals surface area contributed by atoms with Crippen molar-refractivity contribution >= 4 is 10.2 Å². The maximum Gasteiger partial charge on any atom is 0.281 e. The molecule has 1 aliphatic rings. The van der Waals surface area contributed by atoms with Crippen LogP contribution in [0.3, 0.4) is 0 Å². The lowest BCUT2D eigenvalue weighted by Gasteiger charge is -2.34. The van der Waals surface area contributed by atoms with Gasteiger partial charge >= 0.3 is 0 Å². The summed E-state index contributed by atoms with van der Waals surface area (Å²) < 4.78 is 33.3. The molecule has 1 rings (SSSR count). The van der Waals surface area contributed by atoms with Gasteiger partial charge in [0.2, 0.25) is 0 Å². The van der Waals surface area contributed by atoms with E-state index in [0.717, 1.165) is 19.3 Å². The van der Waals surface area contributed by atoms with Crippen molar-refractivity contribution in [1.82, 2.24) is 8.61 Å². The molecule has 2 N–H and O–H groups in total. The third-order valence-electron chi connectivity index (χ3n) is 3.30. The lowest BCUT2D eigenvalue weighted by Crippen LogP contribution is -2.49. The molecule has 0 aliphatic carbocycles. The summed E-state index contributed by atoms with van der Waals surface area (Å²) in [5.74, 6) is 0. The topological polar surface area (TPSA) is 75.9 Å². The third-order valence-corrected chi connectivity index (χ3v) is 5.25. The highest BCUT2D eigenvalue weighted by Crippen LogP contribution is 2.18. The van der Waals surface area contributed by atoms with Gasteiger partial charge in [-0.05, 0) is 32.2 Å². The molecule has 19 heavy (non-hydrogen) atoms. The average Bonchev–Trinajstić information content (AvgIpc) is 2.42. The molecule has 6 nitrogen and oxygen atoms in total. The Morgan fingerprint density at radius 1 is 1.47 bits per heavy atom. The minimum absolute atomic E-state index is 0.0337. The second-order valence-corrected chi connectivity index (χ2v) is 7.00. The van der Waals surface area contributed by atoms with Gasteiger partial charge in [-0.15, -0.1) is 0 Å². The van der Waals surface area contributed by atoms with E-state index in [1.807, 2.05) is 0 Å². The summed E-state index contributed by atoms with van der Waals surface area (Å²) in [6, 6.07) is 0. The van der Waals surface area contributed by atoms with Crippen LogP contribution >= 0.6 is 0 Å². The van der Waals surface area contributed by atoms with Gasteiger partial charge in [-0.1, -0.05) is 6.92 Å². The SMILES string of the molecule is CCCOC1CCCN(S(=O)(=O)N(C)CCCN)C1. The van der Waals surface area contributed by atoms with Crippen LogP contribution in [0, 0.1) is 0 Å². The van der Waals surface area contributed by atoms with E-state index in [-0.39, 0.29) is 6.10 Å². The van der Waals surface area contributed by atoms with E-state index in [1.54, 1.807) is 7.05 Å². The molecule has 1 unspecified atom stereocenters. The Balaban J connectivity index is 2.56. The monoisotopic (exact) mass is 293 g/mol. The van der Waals surface area contributed by atoms with E-state index in [2.05, 4.69) is 6.92 Å². The second-order valence-electron chi connectivity index (χ2n) is 4.96. The minimum Gasteiger partial charge on any atom is -0.377 e. The molecule has 114 valence electrons. The first-order chi connectivity index (χ1) is 9.02. The Hall–Kier alpha value is -0.210. The molecule has 0 bridgehead atoms. The molecule has 0 aromatic rings. The fourth-order valence-electron chi connectivity index (χ4n) is 2.16. The van der Waals surface area contributed by atoms with Crippen molar-refractivity contribution in [3.8, 4) is 0 Å². The number of hydrogen-bond donors (Lipinski definition) is 1. The number of rotatable bonds is 8. The Labute approximate surface area is 117 Å². The summed E-state index contributed by atoms with van der Waals surface area (Å²) in [6.07, 6.45) is 3.47. The second kappa shape index (κ2) is 8.16. The van der Waals surface area contributed by atoms with Gasteiger partial charge < -0.3 is 10.5 Å². The van der Waals surface area contributed by atoms with Gasteiger partial charge in [-0.25, -0.2) is 0 Å². The van der Waals surface area contributed by atoms with Crippen LogP contribution in [0.2, 0.25) is 0 Å². The molecule has 0 aromatic carbocycles. The zero-order chi connectivity index (χ0) is 14.3. The summed E-state index contributed by atoms with van der Waals surface area (Å²) in [4.78, 5) is 0. The molecule has 0 amide bonds. The van der Waals surface area contributed by atoms with Gasteiger partial charge in [0.15, 0.2) is 0 Å². The summed E-state index contributed by atoms with van der Waals surface area (Å²) in [5.41, 5.74) is 5.42. The zero-order valence-corrected chi connectivity index (χ0v) is 12.9. The van der Waals surface area contributed by atoms with Crippen molar-refractivity contribution in [1.29, 1.82) is 0 Å². The molecule has 0 spiro atoms. The van der Waals surface area contributed by atoms with E-state index in [0.29, 0.717) is 39.2 Å². The molecule has 1 fully saturated rings.